The number of carbonyl (C=O) groups is 1. The highest BCUT2D eigenvalue weighted by Gasteiger charge is 2.13. The Morgan fingerprint density at radius 2 is 1.87 bits per heavy atom. The van der Waals surface area contributed by atoms with E-state index >= 15 is 0 Å². The smallest absolute Gasteiger partial charge is 0.286 e. The van der Waals surface area contributed by atoms with E-state index in [4.69, 9.17) is 14.1 Å². The molecule has 0 aliphatic rings. The van der Waals surface area contributed by atoms with Crippen molar-refractivity contribution < 1.29 is 13.9 Å². The highest BCUT2D eigenvalue weighted by Crippen LogP contribution is 2.24. The maximum atomic E-state index is 11.9. The zero-order chi connectivity index (χ0) is 21.5. The van der Waals surface area contributed by atoms with Gasteiger partial charge in [0.05, 0.1) is 31.0 Å². The van der Waals surface area contributed by atoms with E-state index in [9.17, 15) is 4.79 Å². The standard InChI is InChI=1S/C25H27N3O3/c1-30-22-13-7-4-10-19(22)18-28-21-12-6-5-11-20(21)27-24(28)15-3-2-8-16-26-25(29)23-14-9-17-31-23/h4-7,9-14,17H,2-3,8,15-16,18H2,1H3,(H,26,29). The van der Waals surface area contributed by atoms with Gasteiger partial charge in [0.1, 0.15) is 11.6 Å². The van der Waals surface area contributed by atoms with Crippen molar-refractivity contribution in [3.8, 4) is 5.75 Å². The number of imidazole rings is 1. The molecule has 0 unspecified atom stereocenters. The lowest BCUT2D eigenvalue weighted by Crippen LogP contribution is -2.23. The SMILES string of the molecule is COc1ccccc1Cn1c(CCCCCNC(=O)c2ccco2)nc2ccccc21. The predicted octanol–water partition coefficient (Wildman–Crippen LogP) is 4.83. The molecule has 0 bridgehead atoms. The van der Waals surface area contributed by atoms with E-state index in [1.807, 2.05) is 30.3 Å². The summed E-state index contributed by atoms with van der Waals surface area (Å²) in [6, 6.07) is 19.7. The molecular weight excluding hydrogens is 390 g/mol. The van der Waals surface area contributed by atoms with Gasteiger partial charge in [0, 0.05) is 18.5 Å². The van der Waals surface area contributed by atoms with Crippen LogP contribution in [-0.4, -0.2) is 29.1 Å². The Morgan fingerprint density at radius 1 is 1.03 bits per heavy atom. The molecule has 0 atom stereocenters. The molecule has 0 saturated heterocycles. The second-order valence-electron chi connectivity index (χ2n) is 7.46. The Balaban J connectivity index is 1.37. The molecule has 0 aliphatic carbocycles. The van der Waals surface area contributed by atoms with Gasteiger partial charge in [-0.15, -0.1) is 0 Å². The number of hydrogen-bond acceptors (Lipinski definition) is 4. The molecule has 4 aromatic rings. The largest absolute Gasteiger partial charge is 0.496 e. The lowest BCUT2D eigenvalue weighted by molar-refractivity contribution is 0.0925. The van der Waals surface area contributed by atoms with Crippen LogP contribution in [0.25, 0.3) is 11.0 Å². The number of methoxy groups -OCH3 is 1. The van der Waals surface area contributed by atoms with Gasteiger partial charge in [-0.2, -0.15) is 0 Å². The van der Waals surface area contributed by atoms with Crippen molar-refractivity contribution in [2.45, 2.75) is 32.2 Å². The molecule has 0 spiro atoms. The Hall–Kier alpha value is -3.54. The summed E-state index contributed by atoms with van der Waals surface area (Å²) in [6.07, 6.45) is 5.32. The van der Waals surface area contributed by atoms with E-state index in [-0.39, 0.29) is 5.91 Å². The van der Waals surface area contributed by atoms with Gasteiger partial charge in [-0.05, 0) is 43.2 Å². The monoisotopic (exact) mass is 417 g/mol. The number of para-hydroxylation sites is 3. The first-order chi connectivity index (χ1) is 15.3. The number of hydrogen-bond donors (Lipinski definition) is 1. The van der Waals surface area contributed by atoms with Crippen LogP contribution in [0, 0.1) is 0 Å². The highest BCUT2D eigenvalue weighted by molar-refractivity contribution is 5.91. The van der Waals surface area contributed by atoms with Crippen LogP contribution in [0.4, 0.5) is 0 Å². The van der Waals surface area contributed by atoms with Crippen LogP contribution in [-0.2, 0) is 13.0 Å². The van der Waals surface area contributed by atoms with Gasteiger partial charge in [-0.1, -0.05) is 36.8 Å². The summed E-state index contributed by atoms with van der Waals surface area (Å²) < 4.78 is 12.9. The van der Waals surface area contributed by atoms with Gasteiger partial charge in [0.15, 0.2) is 5.76 Å². The predicted molar refractivity (Wildman–Crippen MR) is 120 cm³/mol. The molecule has 6 heteroatoms. The Bertz CT molecular complexity index is 1130. The molecule has 0 radical (unpaired) electrons. The molecule has 2 heterocycles. The molecule has 1 N–H and O–H groups in total. The molecule has 0 aliphatic heterocycles. The number of nitrogens with zero attached hydrogens (tertiary/aromatic N) is 2. The van der Waals surface area contributed by atoms with Crippen LogP contribution in [0.15, 0.2) is 71.3 Å². The summed E-state index contributed by atoms with van der Waals surface area (Å²) in [5.74, 6) is 2.15. The van der Waals surface area contributed by atoms with Gasteiger partial charge in [-0.3, -0.25) is 4.79 Å². The van der Waals surface area contributed by atoms with Crippen molar-refractivity contribution >= 4 is 16.9 Å². The summed E-state index contributed by atoms with van der Waals surface area (Å²) in [4.78, 5) is 16.8. The number of amides is 1. The molecule has 1 amide bonds. The van der Waals surface area contributed by atoms with E-state index in [2.05, 4.69) is 28.1 Å². The number of aromatic nitrogens is 2. The molecule has 0 saturated carbocycles. The molecule has 2 aromatic carbocycles. The Morgan fingerprint density at radius 3 is 2.71 bits per heavy atom. The third-order valence-corrected chi connectivity index (χ3v) is 5.36. The van der Waals surface area contributed by atoms with Crippen LogP contribution in [0.3, 0.4) is 0 Å². The molecule has 2 aromatic heterocycles. The fourth-order valence-corrected chi connectivity index (χ4v) is 3.78. The van der Waals surface area contributed by atoms with E-state index in [1.165, 1.54) is 6.26 Å². The van der Waals surface area contributed by atoms with Crippen LogP contribution in [0.1, 0.15) is 41.2 Å². The number of furan rings is 1. The summed E-state index contributed by atoms with van der Waals surface area (Å²) in [5.41, 5.74) is 3.28. The number of benzene rings is 2. The lowest BCUT2D eigenvalue weighted by Gasteiger charge is -2.12. The zero-order valence-corrected chi connectivity index (χ0v) is 17.7. The van der Waals surface area contributed by atoms with Gasteiger partial charge in [-0.25, -0.2) is 4.98 Å². The number of carbonyl (C=O) groups excluding carboxylic acids is 1. The maximum absolute atomic E-state index is 11.9. The molecule has 4 rings (SSSR count). The van der Waals surface area contributed by atoms with Crippen LogP contribution in [0.2, 0.25) is 0 Å². The van der Waals surface area contributed by atoms with Crippen molar-refractivity contribution in [2.75, 3.05) is 13.7 Å². The molecular formula is C25H27N3O3. The van der Waals surface area contributed by atoms with Crippen LogP contribution >= 0.6 is 0 Å². The van der Waals surface area contributed by atoms with Gasteiger partial charge < -0.3 is 19.0 Å². The van der Waals surface area contributed by atoms with Gasteiger partial charge in [0.2, 0.25) is 0 Å². The minimum atomic E-state index is -0.163. The normalized spacial score (nSPS) is 11.0. The first-order valence-corrected chi connectivity index (χ1v) is 10.6. The second-order valence-corrected chi connectivity index (χ2v) is 7.46. The average molecular weight is 418 g/mol. The van der Waals surface area contributed by atoms with Crippen molar-refractivity contribution in [1.29, 1.82) is 0 Å². The molecule has 6 nitrogen and oxygen atoms in total. The van der Waals surface area contributed by atoms with E-state index < -0.39 is 0 Å². The maximum Gasteiger partial charge on any atom is 0.286 e. The Labute approximate surface area is 181 Å². The van der Waals surface area contributed by atoms with Crippen LogP contribution in [0.5, 0.6) is 5.75 Å². The van der Waals surface area contributed by atoms with E-state index in [0.29, 0.717) is 12.3 Å². The Kier molecular flexibility index (Phi) is 6.67. The first kappa shape index (κ1) is 20.7. The number of unbranched alkanes of at least 4 members (excludes halogenated alkanes) is 2. The molecule has 31 heavy (non-hydrogen) atoms. The van der Waals surface area contributed by atoms with Crippen LogP contribution < -0.4 is 10.1 Å². The quantitative estimate of drug-likeness (QED) is 0.375. The number of fused-ring (bicyclic) bond motifs is 1. The third-order valence-electron chi connectivity index (χ3n) is 5.36. The third kappa shape index (κ3) is 4.97. The molecule has 0 fully saturated rings. The fourth-order valence-electron chi connectivity index (χ4n) is 3.78. The second kappa shape index (κ2) is 9.98. The summed E-state index contributed by atoms with van der Waals surface area (Å²) in [6.45, 7) is 1.36. The number of aryl methyl sites for hydroxylation is 1. The molecule has 160 valence electrons. The van der Waals surface area contributed by atoms with E-state index in [1.54, 1.807) is 19.2 Å². The fraction of sp³-hybridized carbons (Fsp3) is 0.280. The van der Waals surface area contributed by atoms with Crippen molar-refractivity contribution in [2.24, 2.45) is 0 Å². The van der Waals surface area contributed by atoms with Crippen molar-refractivity contribution in [3.05, 3.63) is 84.1 Å². The summed E-state index contributed by atoms with van der Waals surface area (Å²) in [5, 5.41) is 2.89. The lowest BCUT2D eigenvalue weighted by atomic mass is 10.1. The van der Waals surface area contributed by atoms with Gasteiger partial charge in [0.25, 0.3) is 5.91 Å². The number of ether oxygens (including phenoxy) is 1. The van der Waals surface area contributed by atoms with Crippen molar-refractivity contribution in [1.82, 2.24) is 14.9 Å². The zero-order valence-electron chi connectivity index (χ0n) is 17.7. The van der Waals surface area contributed by atoms with E-state index in [0.717, 1.165) is 60.4 Å². The number of nitrogens with one attached hydrogen (secondary N) is 1. The van der Waals surface area contributed by atoms with Gasteiger partial charge >= 0.3 is 0 Å². The first-order valence-electron chi connectivity index (χ1n) is 10.6. The average Bonchev–Trinajstić information content (AvgIpc) is 3.45. The minimum Gasteiger partial charge on any atom is -0.496 e. The van der Waals surface area contributed by atoms with Crippen molar-refractivity contribution in [3.63, 3.8) is 0 Å². The highest BCUT2D eigenvalue weighted by atomic mass is 16.5. The topological polar surface area (TPSA) is 69.3 Å². The minimum absolute atomic E-state index is 0.163. The summed E-state index contributed by atoms with van der Waals surface area (Å²) >= 11 is 0. The summed E-state index contributed by atoms with van der Waals surface area (Å²) in [7, 11) is 1.70. The number of rotatable bonds is 10.